The van der Waals surface area contributed by atoms with Crippen molar-refractivity contribution in [1.29, 1.82) is 0 Å². The van der Waals surface area contributed by atoms with Crippen LogP contribution in [-0.2, 0) is 0 Å². The van der Waals surface area contributed by atoms with Crippen LogP contribution in [0.4, 0.5) is 10.5 Å². The Labute approximate surface area is 118 Å². The van der Waals surface area contributed by atoms with E-state index in [9.17, 15) is 9.59 Å². The summed E-state index contributed by atoms with van der Waals surface area (Å²) in [6, 6.07) is 7.80. The van der Waals surface area contributed by atoms with Crippen LogP contribution in [0.2, 0.25) is 0 Å². The third-order valence-electron chi connectivity index (χ3n) is 2.40. The van der Waals surface area contributed by atoms with Gasteiger partial charge in [0.2, 0.25) is 0 Å². The van der Waals surface area contributed by atoms with Crippen LogP contribution in [0.1, 0.15) is 16.1 Å². The first kappa shape index (κ1) is 13.4. The quantitative estimate of drug-likeness (QED) is 0.891. The van der Waals surface area contributed by atoms with Crippen LogP contribution >= 0.6 is 15.9 Å². The molecule has 98 valence electrons. The Morgan fingerprint density at radius 3 is 2.68 bits per heavy atom. The normalized spacial score (nSPS) is 10.0. The zero-order chi connectivity index (χ0) is 13.8. The molecule has 0 saturated heterocycles. The highest BCUT2D eigenvalue weighted by Gasteiger charge is 2.12. The minimum absolute atomic E-state index is 0.0836. The fraction of sp³-hybridized carbons (Fsp3) is 0.0769. The second-order valence-corrected chi connectivity index (χ2v) is 4.70. The lowest BCUT2D eigenvalue weighted by atomic mass is 10.2. The minimum Gasteiger partial charge on any atom is -0.459 e. The molecule has 0 unspecified atom stereocenters. The van der Waals surface area contributed by atoms with Gasteiger partial charge in [-0.15, -0.1) is 0 Å². The van der Waals surface area contributed by atoms with Gasteiger partial charge in [0.05, 0.1) is 6.26 Å². The monoisotopic (exact) mass is 322 g/mol. The Balaban J connectivity index is 1.98. The van der Waals surface area contributed by atoms with E-state index in [0.29, 0.717) is 5.69 Å². The Morgan fingerprint density at radius 1 is 1.26 bits per heavy atom. The standard InChI is InChI=1S/C13H11BrN2O3/c1-8-4-5-9(7-10(8)14)15-13(18)16-12(17)11-3-2-6-19-11/h2-7H,1H3,(H2,15,16,17,18). The van der Waals surface area contributed by atoms with Gasteiger partial charge in [-0.2, -0.15) is 0 Å². The molecule has 0 bridgehead atoms. The molecule has 5 nitrogen and oxygen atoms in total. The van der Waals surface area contributed by atoms with Crippen molar-refractivity contribution in [2.45, 2.75) is 6.92 Å². The molecule has 0 radical (unpaired) electrons. The maximum Gasteiger partial charge on any atom is 0.326 e. The van der Waals surface area contributed by atoms with Crippen LogP contribution in [0, 0.1) is 6.92 Å². The van der Waals surface area contributed by atoms with Crippen molar-refractivity contribution < 1.29 is 14.0 Å². The Hall–Kier alpha value is -2.08. The van der Waals surface area contributed by atoms with Crippen molar-refractivity contribution in [3.8, 4) is 0 Å². The number of aryl methyl sites for hydroxylation is 1. The van der Waals surface area contributed by atoms with Gasteiger partial charge >= 0.3 is 6.03 Å². The number of nitrogens with one attached hydrogen (secondary N) is 2. The van der Waals surface area contributed by atoms with Gasteiger partial charge in [-0.25, -0.2) is 4.79 Å². The molecule has 0 fully saturated rings. The van der Waals surface area contributed by atoms with Gasteiger partial charge in [0.25, 0.3) is 5.91 Å². The number of hydrogen-bond acceptors (Lipinski definition) is 3. The Bertz CT molecular complexity index is 608. The first-order valence-electron chi connectivity index (χ1n) is 5.48. The molecule has 2 aromatic rings. The smallest absolute Gasteiger partial charge is 0.326 e. The maximum atomic E-state index is 11.6. The van der Waals surface area contributed by atoms with Crippen LogP contribution in [0.25, 0.3) is 0 Å². The van der Waals surface area contributed by atoms with E-state index in [1.165, 1.54) is 12.3 Å². The van der Waals surface area contributed by atoms with Crippen molar-refractivity contribution in [1.82, 2.24) is 5.32 Å². The number of carbonyl (C=O) groups excluding carboxylic acids is 2. The summed E-state index contributed by atoms with van der Waals surface area (Å²) >= 11 is 3.36. The molecule has 1 heterocycles. The van der Waals surface area contributed by atoms with Gasteiger partial charge in [-0.05, 0) is 36.8 Å². The largest absolute Gasteiger partial charge is 0.459 e. The summed E-state index contributed by atoms with van der Waals surface area (Å²) in [4.78, 5) is 23.2. The second kappa shape index (κ2) is 5.71. The molecule has 1 aromatic carbocycles. The van der Waals surface area contributed by atoms with E-state index in [1.54, 1.807) is 18.2 Å². The summed E-state index contributed by atoms with van der Waals surface area (Å²) in [6.07, 6.45) is 1.36. The van der Waals surface area contributed by atoms with E-state index < -0.39 is 11.9 Å². The molecule has 0 atom stereocenters. The van der Waals surface area contributed by atoms with Gasteiger partial charge in [0.15, 0.2) is 5.76 Å². The fourth-order valence-electron chi connectivity index (χ4n) is 1.41. The zero-order valence-electron chi connectivity index (χ0n) is 10.1. The summed E-state index contributed by atoms with van der Waals surface area (Å²) in [5.74, 6) is -0.506. The van der Waals surface area contributed by atoms with Crippen LogP contribution in [-0.4, -0.2) is 11.9 Å². The van der Waals surface area contributed by atoms with Crippen molar-refractivity contribution in [3.63, 3.8) is 0 Å². The summed E-state index contributed by atoms with van der Waals surface area (Å²) in [5, 5.41) is 4.73. The van der Waals surface area contributed by atoms with E-state index >= 15 is 0 Å². The van der Waals surface area contributed by atoms with E-state index in [2.05, 4.69) is 26.6 Å². The SMILES string of the molecule is Cc1ccc(NC(=O)NC(=O)c2ccco2)cc1Br. The number of benzene rings is 1. The van der Waals surface area contributed by atoms with E-state index in [-0.39, 0.29) is 5.76 Å². The highest BCUT2D eigenvalue weighted by Crippen LogP contribution is 2.20. The van der Waals surface area contributed by atoms with Crippen molar-refractivity contribution in [2.24, 2.45) is 0 Å². The molecule has 0 aliphatic carbocycles. The number of urea groups is 1. The molecule has 0 aliphatic heterocycles. The average molecular weight is 323 g/mol. The maximum absolute atomic E-state index is 11.6. The highest BCUT2D eigenvalue weighted by atomic mass is 79.9. The topological polar surface area (TPSA) is 71.3 Å². The van der Waals surface area contributed by atoms with Gasteiger partial charge in [-0.3, -0.25) is 10.1 Å². The number of imide groups is 1. The molecule has 2 rings (SSSR count). The first-order valence-corrected chi connectivity index (χ1v) is 6.27. The molecule has 3 amide bonds. The fourth-order valence-corrected chi connectivity index (χ4v) is 1.78. The van der Waals surface area contributed by atoms with Gasteiger partial charge in [0.1, 0.15) is 0 Å². The van der Waals surface area contributed by atoms with E-state index in [4.69, 9.17) is 4.42 Å². The molecule has 19 heavy (non-hydrogen) atoms. The summed E-state index contributed by atoms with van der Waals surface area (Å²) in [6.45, 7) is 1.94. The Morgan fingerprint density at radius 2 is 2.05 bits per heavy atom. The van der Waals surface area contributed by atoms with Crippen LogP contribution in [0.3, 0.4) is 0 Å². The molecular weight excluding hydrogens is 312 g/mol. The van der Waals surface area contributed by atoms with Gasteiger partial charge in [-0.1, -0.05) is 22.0 Å². The van der Waals surface area contributed by atoms with E-state index in [0.717, 1.165) is 10.0 Å². The summed E-state index contributed by atoms with van der Waals surface area (Å²) in [5.41, 5.74) is 1.64. The third kappa shape index (κ3) is 3.45. The van der Waals surface area contributed by atoms with Crippen LogP contribution in [0.5, 0.6) is 0 Å². The number of rotatable bonds is 2. The number of anilines is 1. The predicted molar refractivity (Wildman–Crippen MR) is 74.1 cm³/mol. The van der Waals surface area contributed by atoms with Gasteiger partial charge < -0.3 is 9.73 Å². The number of carbonyl (C=O) groups is 2. The first-order chi connectivity index (χ1) is 9.06. The predicted octanol–water partition coefficient (Wildman–Crippen LogP) is 3.31. The molecule has 6 heteroatoms. The molecule has 0 saturated carbocycles. The average Bonchev–Trinajstić information content (AvgIpc) is 2.87. The number of hydrogen-bond donors (Lipinski definition) is 2. The summed E-state index contributed by atoms with van der Waals surface area (Å²) < 4.78 is 5.76. The van der Waals surface area contributed by atoms with Crippen molar-refractivity contribution in [3.05, 3.63) is 52.4 Å². The lowest BCUT2D eigenvalue weighted by molar-refractivity contribution is 0.0940. The Kier molecular flexibility index (Phi) is 4.01. The molecule has 1 aromatic heterocycles. The molecular formula is C13H11BrN2O3. The zero-order valence-corrected chi connectivity index (χ0v) is 11.7. The second-order valence-electron chi connectivity index (χ2n) is 3.85. The van der Waals surface area contributed by atoms with Crippen LogP contribution in [0.15, 0.2) is 45.5 Å². The minimum atomic E-state index is -0.614. The molecule has 2 N–H and O–H groups in total. The number of amides is 3. The number of halogens is 1. The summed E-state index contributed by atoms with van der Waals surface area (Å²) in [7, 11) is 0. The van der Waals surface area contributed by atoms with Crippen molar-refractivity contribution in [2.75, 3.05) is 5.32 Å². The number of furan rings is 1. The van der Waals surface area contributed by atoms with Gasteiger partial charge in [0, 0.05) is 10.2 Å². The highest BCUT2D eigenvalue weighted by molar-refractivity contribution is 9.10. The van der Waals surface area contributed by atoms with Crippen molar-refractivity contribution >= 4 is 33.6 Å². The third-order valence-corrected chi connectivity index (χ3v) is 3.26. The van der Waals surface area contributed by atoms with E-state index in [1.807, 2.05) is 13.0 Å². The molecule has 0 aliphatic rings. The van der Waals surface area contributed by atoms with Crippen LogP contribution < -0.4 is 10.6 Å². The lowest BCUT2D eigenvalue weighted by Crippen LogP contribution is -2.34. The molecule has 0 spiro atoms. The lowest BCUT2D eigenvalue weighted by Gasteiger charge is -2.07.